The molecule has 1 aromatic carbocycles. The van der Waals surface area contributed by atoms with E-state index in [2.05, 4.69) is 0 Å². The van der Waals surface area contributed by atoms with E-state index >= 15 is 0 Å². The number of carbonyl (C=O) groups excluding carboxylic acids is 2. The molecule has 0 fully saturated rings. The number of methoxy groups -OCH3 is 2. The number of carbonyl (C=O) groups is 2. The number of nitro benzene ring substituents is 1. The normalized spacial score (nSPS) is 13.4. The molecule has 1 aliphatic rings. The molecule has 136 valence electrons. The standard InChI is InChI=1S/C17H16N2O6S/c1-24-16(20)12-6-4-5-9-18(15(12)17(21)25-2)13-8-7-11(26-3)10-14(13)19(22)23/h4-10H,1-3H3. The SMILES string of the molecule is COC(=O)C1=C(C(=O)OC)N(c2ccc(SC)cc2[N+](=O)[O-])C=CC=C1. The number of rotatable bonds is 5. The third-order valence-corrected chi connectivity index (χ3v) is 4.25. The summed E-state index contributed by atoms with van der Waals surface area (Å²) in [6, 6.07) is 4.60. The fourth-order valence-corrected chi connectivity index (χ4v) is 2.76. The first-order valence-electron chi connectivity index (χ1n) is 7.32. The molecule has 0 amide bonds. The summed E-state index contributed by atoms with van der Waals surface area (Å²) < 4.78 is 9.50. The van der Waals surface area contributed by atoms with E-state index in [4.69, 9.17) is 9.47 Å². The van der Waals surface area contributed by atoms with Gasteiger partial charge in [0, 0.05) is 17.2 Å². The highest BCUT2D eigenvalue weighted by atomic mass is 32.2. The second kappa shape index (κ2) is 8.34. The molecule has 0 spiro atoms. The molecule has 0 N–H and O–H groups in total. The summed E-state index contributed by atoms with van der Waals surface area (Å²) in [5.74, 6) is -1.59. The third-order valence-electron chi connectivity index (χ3n) is 3.53. The zero-order valence-electron chi connectivity index (χ0n) is 14.3. The Balaban J connectivity index is 2.75. The van der Waals surface area contributed by atoms with Crippen molar-refractivity contribution in [2.45, 2.75) is 4.90 Å². The van der Waals surface area contributed by atoms with E-state index in [1.54, 1.807) is 18.4 Å². The summed E-state index contributed by atoms with van der Waals surface area (Å²) in [5.41, 5.74) is -0.347. The molecule has 1 aliphatic heterocycles. The number of allylic oxidation sites excluding steroid dienone is 2. The van der Waals surface area contributed by atoms with Crippen molar-refractivity contribution in [2.75, 3.05) is 25.4 Å². The number of benzene rings is 1. The van der Waals surface area contributed by atoms with Crippen molar-refractivity contribution in [1.29, 1.82) is 0 Å². The van der Waals surface area contributed by atoms with E-state index in [1.807, 2.05) is 0 Å². The van der Waals surface area contributed by atoms with Crippen LogP contribution in [0.3, 0.4) is 0 Å². The van der Waals surface area contributed by atoms with Crippen LogP contribution in [0.5, 0.6) is 0 Å². The minimum absolute atomic E-state index is 0.0763. The molecule has 0 radical (unpaired) electrons. The molecular weight excluding hydrogens is 360 g/mol. The number of anilines is 1. The maximum Gasteiger partial charge on any atom is 0.355 e. The predicted molar refractivity (Wildman–Crippen MR) is 96.7 cm³/mol. The molecule has 9 heteroatoms. The largest absolute Gasteiger partial charge is 0.465 e. The Labute approximate surface area is 153 Å². The van der Waals surface area contributed by atoms with Gasteiger partial charge in [0.15, 0.2) is 0 Å². The van der Waals surface area contributed by atoms with Crippen molar-refractivity contribution in [3.63, 3.8) is 0 Å². The Morgan fingerprint density at radius 1 is 1.15 bits per heavy atom. The Bertz CT molecular complexity index is 844. The highest BCUT2D eigenvalue weighted by molar-refractivity contribution is 7.98. The smallest absolute Gasteiger partial charge is 0.355 e. The first-order chi connectivity index (χ1) is 12.4. The molecule has 0 unspecified atom stereocenters. The molecule has 0 saturated heterocycles. The van der Waals surface area contributed by atoms with Gasteiger partial charge < -0.3 is 14.4 Å². The molecular formula is C17H16N2O6S. The van der Waals surface area contributed by atoms with Crippen LogP contribution in [0.1, 0.15) is 0 Å². The number of thioether (sulfide) groups is 1. The highest BCUT2D eigenvalue weighted by Gasteiger charge is 2.31. The van der Waals surface area contributed by atoms with Crippen LogP contribution in [-0.4, -0.2) is 37.3 Å². The quantitative estimate of drug-likeness (QED) is 0.335. The summed E-state index contributed by atoms with van der Waals surface area (Å²) in [7, 11) is 2.34. The molecule has 8 nitrogen and oxygen atoms in total. The highest BCUT2D eigenvalue weighted by Crippen LogP contribution is 2.36. The van der Waals surface area contributed by atoms with Gasteiger partial charge in [0.25, 0.3) is 5.69 Å². The monoisotopic (exact) mass is 376 g/mol. The van der Waals surface area contributed by atoms with Crippen LogP contribution in [0.15, 0.2) is 58.8 Å². The Hall–Kier alpha value is -3.07. The van der Waals surface area contributed by atoms with Crippen LogP contribution >= 0.6 is 11.8 Å². The molecule has 0 saturated carbocycles. The second-order valence-electron chi connectivity index (χ2n) is 4.93. The topological polar surface area (TPSA) is 99.0 Å². The molecule has 0 aliphatic carbocycles. The molecule has 1 heterocycles. The lowest BCUT2D eigenvalue weighted by Gasteiger charge is -2.23. The van der Waals surface area contributed by atoms with Crippen LogP contribution in [0.25, 0.3) is 0 Å². The molecule has 26 heavy (non-hydrogen) atoms. The van der Waals surface area contributed by atoms with Gasteiger partial charge in [0.2, 0.25) is 0 Å². The number of hydrogen-bond donors (Lipinski definition) is 0. The van der Waals surface area contributed by atoms with Crippen molar-refractivity contribution in [2.24, 2.45) is 0 Å². The van der Waals surface area contributed by atoms with Crippen molar-refractivity contribution in [3.8, 4) is 0 Å². The van der Waals surface area contributed by atoms with E-state index in [9.17, 15) is 19.7 Å². The minimum atomic E-state index is -0.829. The van der Waals surface area contributed by atoms with Gasteiger partial charge in [-0.3, -0.25) is 10.1 Å². The lowest BCUT2D eigenvalue weighted by atomic mass is 10.1. The average molecular weight is 376 g/mol. The van der Waals surface area contributed by atoms with E-state index in [1.165, 1.54) is 54.3 Å². The fourth-order valence-electron chi connectivity index (χ4n) is 2.33. The van der Waals surface area contributed by atoms with Gasteiger partial charge >= 0.3 is 11.9 Å². The van der Waals surface area contributed by atoms with Crippen molar-refractivity contribution in [3.05, 3.63) is 64.0 Å². The Kier molecular flexibility index (Phi) is 6.18. The summed E-state index contributed by atoms with van der Waals surface area (Å²) in [6.07, 6.45) is 7.70. The minimum Gasteiger partial charge on any atom is -0.465 e. The lowest BCUT2D eigenvalue weighted by Crippen LogP contribution is -2.27. The van der Waals surface area contributed by atoms with Crippen LogP contribution < -0.4 is 4.90 Å². The van der Waals surface area contributed by atoms with Gasteiger partial charge in [-0.15, -0.1) is 11.8 Å². The maximum absolute atomic E-state index is 12.4. The second-order valence-corrected chi connectivity index (χ2v) is 5.81. The first-order valence-corrected chi connectivity index (χ1v) is 8.54. The van der Waals surface area contributed by atoms with Gasteiger partial charge in [-0.25, -0.2) is 9.59 Å². The number of ether oxygens (including phenoxy) is 2. The third kappa shape index (κ3) is 3.77. The van der Waals surface area contributed by atoms with Crippen molar-refractivity contribution >= 4 is 35.1 Å². The summed E-state index contributed by atoms with van der Waals surface area (Å²) >= 11 is 1.35. The lowest BCUT2D eigenvalue weighted by molar-refractivity contribution is -0.384. The summed E-state index contributed by atoms with van der Waals surface area (Å²) in [5, 5.41) is 11.5. The predicted octanol–water partition coefficient (Wildman–Crippen LogP) is 2.81. The average Bonchev–Trinajstić information content (AvgIpc) is 2.88. The molecule has 1 aromatic rings. The van der Waals surface area contributed by atoms with Gasteiger partial charge in [-0.05, 0) is 30.5 Å². The Morgan fingerprint density at radius 2 is 1.85 bits per heavy atom. The number of esters is 2. The van der Waals surface area contributed by atoms with Gasteiger partial charge in [-0.1, -0.05) is 6.08 Å². The van der Waals surface area contributed by atoms with Gasteiger partial charge in [0.05, 0.1) is 24.7 Å². The van der Waals surface area contributed by atoms with Crippen LogP contribution in [0.2, 0.25) is 0 Å². The zero-order chi connectivity index (χ0) is 19.3. The molecule has 0 atom stereocenters. The number of nitrogens with zero attached hydrogens (tertiary/aromatic N) is 2. The van der Waals surface area contributed by atoms with Gasteiger partial charge in [0.1, 0.15) is 11.4 Å². The summed E-state index contributed by atoms with van der Waals surface area (Å²) in [4.78, 5) is 37.4. The van der Waals surface area contributed by atoms with E-state index in [-0.39, 0.29) is 22.6 Å². The van der Waals surface area contributed by atoms with Crippen molar-refractivity contribution in [1.82, 2.24) is 0 Å². The molecule has 0 aromatic heterocycles. The Morgan fingerprint density at radius 3 is 2.42 bits per heavy atom. The van der Waals surface area contributed by atoms with Crippen molar-refractivity contribution < 1.29 is 24.0 Å². The first kappa shape index (κ1) is 19.3. The number of hydrogen-bond acceptors (Lipinski definition) is 8. The van der Waals surface area contributed by atoms with Gasteiger partial charge in [-0.2, -0.15) is 0 Å². The molecule has 0 bridgehead atoms. The number of nitro groups is 1. The fraction of sp³-hybridized carbons (Fsp3) is 0.176. The summed E-state index contributed by atoms with van der Waals surface area (Å²) in [6.45, 7) is 0. The van der Waals surface area contributed by atoms with E-state index < -0.39 is 16.9 Å². The van der Waals surface area contributed by atoms with Crippen LogP contribution in [0.4, 0.5) is 11.4 Å². The zero-order valence-corrected chi connectivity index (χ0v) is 15.1. The van der Waals surface area contributed by atoms with E-state index in [0.29, 0.717) is 4.90 Å². The molecule has 2 rings (SSSR count). The van der Waals surface area contributed by atoms with Crippen LogP contribution in [0, 0.1) is 10.1 Å². The maximum atomic E-state index is 12.4. The van der Waals surface area contributed by atoms with Crippen LogP contribution in [-0.2, 0) is 19.1 Å². The van der Waals surface area contributed by atoms with E-state index in [0.717, 1.165) is 7.11 Å².